The Morgan fingerprint density at radius 3 is 2.39 bits per heavy atom. The maximum Gasteiger partial charge on any atom is 0.253 e. The van der Waals surface area contributed by atoms with Crippen LogP contribution >= 0.6 is 0 Å². The standard InChI is InChI=1S/C15H24N2O/c1-12(2)5-4-10-17(3)15(18)14-8-6-13(11-16)7-9-14/h6-9,12H,4-5,10-11,16H2,1-3H3. The van der Waals surface area contributed by atoms with Crippen molar-refractivity contribution in [2.24, 2.45) is 11.7 Å². The third kappa shape index (κ3) is 4.49. The van der Waals surface area contributed by atoms with E-state index in [0.717, 1.165) is 30.5 Å². The smallest absolute Gasteiger partial charge is 0.253 e. The molecule has 1 aromatic rings. The highest BCUT2D eigenvalue weighted by atomic mass is 16.2. The highest BCUT2D eigenvalue weighted by molar-refractivity contribution is 5.94. The first-order valence-corrected chi connectivity index (χ1v) is 6.59. The summed E-state index contributed by atoms with van der Waals surface area (Å²) in [5.41, 5.74) is 7.32. The second-order valence-corrected chi connectivity index (χ2v) is 5.16. The minimum Gasteiger partial charge on any atom is -0.342 e. The number of nitrogens with two attached hydrogens (primary N) is 1. The minimum absolute atomic E-state index is 0.0855. The molecule has 0 unspecified atom stereocenters. The van der Waals surface area contributed by atoms with Gasteiger partial charge in [0, 0.05) is 25.7 Å². The summed E-state index contributed by atoms with van der Waals surface area (Å²) < 4.78 is 0. The highest BCUT2D eigenvalue weighted by Gasteiger charge is 2.11. The predicted molar refractivity (Wildman–Crippen MR) is 75.4 cm³/mol. The van der Waals surface area contributed by atoms with Crippen LogP contribution in [0.4, 0.5) is 0 Å². The van der Waals surface area contributed by atoms with Crippen LogP contribution in [0.5, 0.6) is 0 Å². The van der Waals surface area contributed by atoms with E-state index in [1.165, 1.54) is 0 Å². The predicted octanol–water partition coefficient (Wildman–Crippen LogP) is 2.65. The van der Waals surface area contributed by atoms with Gasteiger partial charge in [-0.2, -0.15) is 0 Å². The van der Waals surface area contributed by atoms with E-state index in [4.69, 9.17) is 5.73 Å². The lowest BCUT2D eigenvalue weighted by Gasteiger charge is -2.18. The van der Waals surface area contributed by atoms with Gasteiger partial charge in [-0.3, -0.25) is 4.79 Å². The van der Waals surface area contributed by atoms with Crippen LogP contribution in [0.1, 0.15) is 42.6 Å². The van der Waals surface area contributed by atoms with Crippen LogP contribution in [0, 0.1) is 5.92 Å². The summed E-state index contributed by atoms with van der Waals surface area (Å²) >= 11 is 0. The van der Waals surface area contributed by atoms with Crippen molar-refractivity contribution in [1.82, 2.24) is 4.90 Å². The van der Waals surface area contributed by atoms with Gasteiger partial charge in [0.2, 0.25) is 0 Å². The molecule has 3 heteroatoms. The molecule has 0 fully saturated rings. The van der Waals surface area contributed by atoms with Crippen LogP contribution in [0.15, 0.2) is 24.3 Å². The zero-order valence-corrected chi connectivity index (χ0v) is 11.6. The van der Waals surface area contributed by atoms with Crippen molar-refractivity contribution in [3.05, 3.63) is 35.4 Å². The van der Waals surface area contributed by atoms with Crippen molar-refractivity contribution in [2.75, 3.05) is 13.6 Å². The molecule has 0 bridgehead atoms. The Hall–Kier alpha value is -1.35. The number of carbonyl (C=O) groups is 1. The molecule has 3 nitrogen and oxygen atoms in total. The molecule has 0 aliphatic rings. The SMILES string of the molecule is CC(C)CCCN(C)C(=O)c1ccc(CN)cc1. The third-order valence-electron chi connectivity index (χ3n) is 3.06. The van der Waals surface area contributed by atoms with Crippen LogP contribution in [-0.4, -0.2) is 24.4 Å². The summed E-state index contributed by atoms with van der Waals surface area (Å²) in [5.74, 6) is 0.777. The Morgan fingerprint density at radius 2 is 1.89 bits per heavy atom. The average molecular weight is 248 g/mol. The molecule has 1 rings (SSSR count). The molecular formula is C15H24N2O. The van der Waals surface area contributed by atoms with Gasteiger partial charge < -0.3 is 10.6 Å². The number of benzene rings is 1. The zero-order chi connectivity index (χ0) is 13.5. The van der Waals surface area contributed by atoms with Crippen LogP contribution in [0.25, 0.3) is 0 Å². The van der Waals surface area contributed by atoms with E-state index in [-0.39, 0.29) is 5.91 Å². The number of carbonyl (C=O) groups excluding carboxylic acids is 1. The summed E-state index contributed by atoms with van der Waals surface area (Å²) in [6.45, 7) is 5.73. The number of nitrogens with zero attached hydrogens (tertiary/aromatic N) is 1. The molecule has 0 saturated carbocycles. The fourth-order valence-electron chi connectivity index (χ4n) is 1.84. The maximum atomic E-state index is 12.1. The first kappa shape index (κ1) is 14.7. The number of hydrogen-bond acceptors (Lipinski definition) is 2. The molecule has 0 heterocycles. The Bertz CT molecular complexity index is 371. The van der Waals surface area contributed by atoms with Gasteiger partial charge in [-0.15, -0.1) is 0 Å². The first-order chi connectivity index (χ1) is 8.54. The van der Waals surface area contributed by atoms with Crippen molar-refractivity contribution in [3.8, 4) is 0 Å². The van der Waals surface area contributed by atoms with Gasteiger partial charge in [-0.1, -0.05) is 26.0 Å². The highest BCUT2D eigenvalue weighted by Crippen LogP contribution is 2.09. The first-order valence-electron chi connectivity index (χ1n) is 6.59. The summed E-state index contributed by atoms with van der Waals surface area (Å²) in [7, 11) is 1.86. The van der Waals surface area contributed by atoms with E-state index >= 15 is 0 Å². The van der Waals surface area contributed by atoms with Gasteiger partial charge in [0.15, 0.2) is 0 Å². The fourth-order valence-corrected chi connectivity index (χ4v) is 1.84. The van der Waals surface area contributed by atoms with Gasteiger partial charge in [-0.05, 0) is 36.5 Å². The number of hydrogen-bond donors (Lipinski definition) is 1. The molecule has 0 spiro atoms. The molecule has 0 atom stereocenters. The average Bonchev–Trinajstić information content (AvgIpc) is 2.37. The molecular weight excluding hydrogens is 224 g/mol. The molecule has 2 N–H and O–H groups in total. The number of amides is 1. The molecule has 0 radical (unpaired) electrons. The second kappa shape index (κ2) is 7.17. The lowest BCUT2D eigenvalue weighted by atomic mass is 10.1. The van der Waals surface area contributed by atoms with Gasteiger partial charge in [0.1, 0.15) is 0 Å². The Balaban J connectivity index is 2.51. The molecule has 0 aliphatic carbocycles. The van der Waals surface area contributed by atoms with Crippen molar-refractivity contribution in [3.63, 3.8) is 0 Å². The quantitative estimate of drug-likeness (QED) is 0.841. The summed E-state index contributed by atoms with van der Waals surface area (Å²) in [5, 5.41) is 0. The van der Waals surface area contributed by atoms with E-state index in [2.05, 4.69) is 13.8 Å². The minimum atomic E-state index is 0.0855. The summed E-state index contributed by atoms with van der Waals surface area (Å²) in [6.07, 6.45) is 2.21. The lowest BCUT2D eigenvalue weighted by molar-refractivity contribution is 0.0791. The number of rotatable bonds is 6. The Kier molecular flexibility index (Phi) is 5.86. The maximum absolute atomic E-state index is 12.1. The van der Waals surface area contributed by atoms with Gasteiger partial charge >= 0.3 is 0 Å². The van der Waals surface area contributed by atoms with E-state index < -0.39 is 0 Å². The van der Waals surface area contributed by atoms with E-state index in [1.54, 1.807) is 4.90 Å². The summed E-state index contributed by atoms with van der Waals surface area (Å²) in [6, 6.07) is 7.53. The van der Waals surface area contributed by atoms with Crippen LogP contribution < -0.4 is 5.73 Å². The largest absolute Gasteiger partial charge is 0.342 e. The molecule has 1 aromatic carbocycles. The van der Waals surface area contributed by atoms with Gasteiger partial charge in [0.25, 0.3) is 5.91 Å². The van der Waals surface area contributed by atoms with Crippen molar-refractivity contribution < 1.29 is 4.79 Å². The molecule has 0 aromatic heterocycles. The van der Waals surface area contributed by atoms with Crippen LogP contribution in [-0.2, 0) is 6.54 Å². The third-order valence-corrected chi connectivity index (χ3v) is 3.06. The Morgan fingerprint density at radius 1 is 1.28 bits per heavy atom. The van der Waals surface area contributed by atoms with E-state index in [9.17, 15) is 4.79 Å². The van der Waals surface area contributed by atoms with E-state index in [0.29, 0.717) is 12.5 Å². The van der Waals surface area contributed by atoms with Crippen molar-refractivity contribution in [2.45, 2.75) is 33.2 Å². The van der Waals surface area contributed by atoms with Gasteiger partial charge in [-0.25, -0.2) is 0 Å². The van der Waals surface area contributed by atoms with E-state index in [1.807, 2.05) is 31.3 Å². The summed E-state index contributed by atoms with van der Waals surface area (Å²) in [4.78, 5) is 13.9. The van der Waals surface area contributed by atoms with Crippen molar-refractivity contribution >= 4 is 5.91 Å². The topological polar surface area (TPSA) is 46.3 Å². The molecule has 0 saturated heterocycles. The molecule has 100 valence electrons. The zero-order valence-electron chi connectivity index (χ0n) is 11.6. The lowest BCUT2D eigenvalue weighted by Crippen LogP contribution is -2.27. The van der Waals surface area contributed by atoms with Crippen LogP contribution in [0.3, 0.4) is 0 Å². The fraction of sp³-hybridized carbons (Fsp3) is 0.533. The van der Waals surface area contributed by atoms with Gasteiger partial charge in [0.05, 0.1) is 0 Å². The molecule has 0 aliphatic heterocycles. The molecule has 1 amide bonds. The monoisotopic (exact) mass is 248 g/mol. The normalized spacial score (nSPS) is 10.7. The van der Waals surface area contributed by atoms with Crippen molar-refractivity contribution in [1.29, 1.82) is 0 Å². The second-order valence-electron chi connectivity index (χ2n) is 5.16. The molecule has 18 heavy (non-hydrogen) atoms. The Labute approximate surface area is 110 Å². The van der Waals surface area contributed by atoms with Crippen LogP contribution in [0.2, 0.25) is 0 Å².